The van der Waals surface area contributed by atoms with Gasteiger partial charge in [0, 0.05) is 23.5 Å². The second-order valence-corrected chi connectivity index (χ2v) is 10.2. The molecule has 0 bridgehead atoms. The Hall–Kier alpha value is -3.69. The number of anilines is 2. The van der Waals surface area contributed by atoms with Crippen LogP contribution in [0.25, 0.3) is 0 Å². The first kappa shape index (κ1) is 24.4. The topological polar surface area (TPSA) is 105 Å². The van der Waals surface area contributed by atoms with Gasteiger partial charge < -0.3 is 15.4 Å². The summed E-state index contributed by atoms with van der Waals surface area (Å²) in [5.74, 6) is 0.00316. The van der Waals surface area contributed by atoms with Gasteiger partial charge in [-0.3, -0.25) is 9.59 Å². The molecule has 1 saturated heterocycles. The summed E-state index contributed by atoms with van der Waals surface area (Å²) in [4.78, 5) is 25.7. The van der Waals surface area contributed by atoms with Crippen LogP contribution >= 0.6 is 0 Å². The van der Waals surface area contributed by atoms with Crippen LogP contribution in [0.1, 0.15) is 28.8 Å². The number of ether oxygens (including phenoxy) is 1. The number of hydrogen-bond donors (Lipinski definition) is 2. The van der Waals surface area contributed by atoms with Gasteiger partial charge in [0.2, 0.25) is 15.9 Å². The smallest absolute Gasteiger partial charge is 0.255 e. The van der Waals surface area contributed by atoms with Gasteiger partial charge in [-0.2, -0.15) is 4.31 Å². The maximum Gasteiger partial charge on any atom is 0.255 e. The van der Waals surface area contributed by atoms with Crippen molar-refractivity contribution in [2.75, 3.05) is 24.3 Å². The van der Waals surface area contributed by atoms with Crippen molar-refractivity contribution in [1.29, 1.82) is 0 Å². The van der Waals surface area contributed by atoms with E-state index in [0.29, 0.717) is 42.1 Å². The van der Waals surface area contributed by atoms with E-state index in [-0.39, 0.29) is 10.8 Å². The lowest BCUT2D eigenvalue weighted by Crippen LogP contribution is -2.43. The Kier molecular flexibility index (Phi) is 7.18. The monoisotopic (exact) mass is 493 g/mol. The Balaban J connectivity index is 1.41. The molecular formula is C26H27N3O5S. The summed E-state index contributed by atoms with van der Waals surface area (Å²) in [5.41, 5.74) is 2.49. The lowest BCUT2D eigenvalue weighted by Gasteiger charge is -2.23. The molecule has 35 heavy (non-hydrogen) atoms. The molecule has 1 aliphatic heterocycles. The van der Waals surface area contributed by atoms with Gasteiger partial charge in [0.15, 0.2) is 0 Å². The number of sulfonamides is 1. The Morgan fingerprint density at radius 1 is 0.886 bits per heavy atom. The van der Waals surface area contributed by atoms with Gasteiger partial charge in [-0.05, 0) is 80.4 Å². The summed E-state index contributed by atoms with van der Waals surface area (Å²) in [7, 11) is -2.21. The summed E-state index contributed by atoms with van der Waals surface area (Å²) in [5, 5.41) is 5.59. The molecule has 3 aromatic rings. The van der Waals surface area contributed by atoms with Crippen LogP contribution in [0.15, 0.2) is 77.7 Å². The van der Waals surface area contributed by atoms with Crippen LogP contribution in [0.2, 0.25) is 0 Å². The van der Waals surface area contributed by atoms with Crippen molar-refractivity contribution in [2.24, 2.45) is 0 Å². The second-order valence-electron chi connectivity index (χ2n) is 8.34. The first-order chi connectivity index (χ1) is 16.8. The summed E-state index contributed by atoms with van der Waals surface area (Å²) in [6, 6.07) is 19.2. The van der Waals surface area contributed by atoms with E-state index in [1.165, 1.54) is 4.31 Å². The predicted molar refractivity (Wildman–Crippen MR) is 134 cm³/mol. The van der Waals surface area contributed by atoms with Crippen molar-refractivity contribution in [3.05, 3.63) is 83.9 Å². The molecule has 2 amide bonds. The molecule has 1 atom stereocenters. The SMILES string of the molecule is COc1ccc(NC(=O)c2ccc(NC(=O)[C@@H]3CCCN3S(=O)(=O)c3ccc(C)cc3)cc2)cc1. The van der Waals surface area contributed by atoms with Crippen LogP contribution in [-0.2, 0) is 14.8 Å². The van der Waals surface area contributed by atoms with Crippen molar-refractivity contribution in [1.82, 2.24) is 4.31 Å². The lowest BCUT2D eigenvalue weighted by molar-refractivity contribution is -0.119. The van der Waals surface area contributed by atoms with Crippen LogP contribution < -0.4 is 15.4 Å². The first-order valence-electron chi connectivity index (χ1n) is 11.2. The summed E-state index contributed by atoms with van der Waals surface area (Å²) < 4.78 is 32.6. The number of aryl methyl sites for hydroxylation is 1. The van der Waals surface area contributed by atoms with Crippen LogP contribution in [0.4, 0.5) is 11.4 Å². The zero-order chi connectivity index (χ0) is 25.0. The fraction of sp³-hybridized carbons (Fsp3) is 0.231. The van der Waals surface area contributed by atoms with Crippen molar-refractivity contribution < 1.29 is 22.7 Å². The van der Waals surface area contributed by atoms with Gasteiger partial charge in [0.1, 0.15) is 11.8 Å². The fourth-order valence-corrected chi connectivity index (χ4v) is 5.60. The van der Waals surface area contributed by atoms with Gasteiger partial charge in [0.25, 0.3) is 5.91 Å². The van der Waals surface area contributed by atoms with Crippen molar-refractivity contribution in [2.45, 2.75) is 30.7 Å². The Morgan fingerprint density at radius 2 is 1.49 bits per heavy atom. The van der Waals surface area contributed by atoms with E-state index in [0.717, 1.165) is 5.56 Å². The third kappa shape index (κ3) is 5.52. The van der Waals surface area contributed by atoms with Crippen molar-refractivity contribution in [3.63, 3.8) is 0 Å². The van der Waals surface area contributed by atoms with Crippen molar-refractivity contribution in [3.8, 4) is 5.75 Å². The van der Waals surface area contributed by atoms with Crippen LogP contribution in [-0.4, -0.2) is 44.2 Å². The Bertz CT molecular complexity index is 1300. The van der Waals surface area contributed by atoms with Gasteiger partial charge >= 0.3 is 0 Å². The highest BCUT2D eigenvalue weighted by Crippen LogP contribution is 2.27. The van der Waals surface area contributed by atoms with Crippen LogP contribution in [0, 0.1) is 6.92 Å². The number of nitrogens with zero attached hydrogens (tertiary/aromatic N) is 1. The number of carbonyl (C=O) groups is 2. The van der Waals surface area contributed by atoms with Gasteiger partial charge in [0.05, 0.1) is 12.0 Å². The average Bonchev–Trinajstić information content (AvgIpc) is 3.36. The van der Waals surface area contributed by atoms with E-state index in [4.69, 9.17) is 4.74 Å². The number of benzene rings is 3. The standard InChI is InChI=1S/C26H27N3O5S/c1-18-5-15-23(16-6-18)35(32,33)29-17-3-4-24(29)26(31)28-20-9-7-19(8-10-20)25(30)27-21-11-13-22(34-2)14-12-21/h5-16,24H,3-4,17H2,1-2H3,(H,27,30)(H,28,31)/t24-/m0/s1. The lowest BCUT2D eigenvalue weighted by atomic mass is 10.1. The summed E-state index contributed by atoms with van der Waals surface area (Å²) in [6.45, 7) is 2.18. The zero-order valence-electron chi connectivity index (χ0n) is 19.5. The molecule has 4 rings (SSSR count). The molecule has 0 aliphatic carbocycles. The molecule has 1 fully saturated rings. The summed E-state index contributed by atoms with van der Waals surface area (Å²) in [6.07, 6.45) is 1.05. The maximum absolute atomic E-state index is 13.1. The molecule has 182 valence electrons. The van der Waals surface area contributed by atoms with E-state index in [1.807, 2.05) is 6.92 Å². The number of amides is 2. The molecule has 3 aromatic carbocycles. The normalized spacial score (nSPS) is 16.0. The third-order valence-electron chi connectivity index (χ3n) is 5.90. The molecule has 1 heterocycles. The molecule has 8 nitrogen and oxygen atoms in total. The first-order valence-corrected chi connectivity index (χ1v) is 12.7. The number of rotatable bonds is 7. The fourth-order valence-electron chi connectivity index (χ4n) is 3.94. The summed E-state index contributed by atoms with van der Waals surface area (Å²) >= 11 is 0. The minimum Gasteiger partial charge on any atom is -0.497 e. The number of methoxy groups -OCH3 is 1. The van der Waals surface area contributed by atoms with E-state index in [9.17, 15) is 18.0 Å². The van der Waals surface area contributed by atoms with E-state index in [1.54, 1.807) is 79.9 Å². The molecule has 0 unspecified atom stereocenters. The molecule has 0 aromatic heterocycles. The minimum atomic E-state index is -3.78. The van der Waals surface area contributed by atoms with Crippen molar-refractivity contribution >= 4 is 33.2 Å². The molecule has 9 heteroatoms. The largest absolute Gasteiger partial charge is 0.497 e. The highest BCUT2D eigenvalue weighted by atomic mass is 32.2. The highest BCUT2D eigenvalue weighted by molar-refractivity contribution is 7.89. The quantitative estimate of drug-likeness (QED) is 0.517. The van der Waals surface area contributed by atoms with Gasteiger partial charge in [-0.1, -0.05) is 17.7 Å². The molecular weight excluding hydrogens is 466 g/mol. The average molecular weight is 494 g/mol. The number of carbonyl (C=O) groups excluding carboxylic acids is 2. The molecule has 0 spiro atoms. The Morgan fingerprint density at radius 3 is 2.11 bits per heavy atom. The molecule has 1 aliphatic rings. The molecule has 0 radical (unpaired) electrons. The van der Waals surface area contributed by atoms with E-state index >= 15 is 0 Å². The number of nitrogens with one attached hydrogen (secondary N) is 2. The van der Waals surface area contributed by atoms with Gasteiger partial charge in [-0.25, -0.2) is 8.42 Å². The third-order valence-corrected chi connectivity index (χ3v) is 7.82. The van der Waals surface area contributed by atoms with E-state index in [2.05, 4.69) is 10.6 Å². The second kappa shape index (κ2) is 10.3. The minimum absolute atomic E-state index is 0.176. The predicted octanol–water partition coefficient (Wildman–Crippen LogP) is 4.05. The molecule has 0 saturated carbocycles. The van der Waals surface area contributed by atoms with E-state index < -0.39 is 22.0 Å². The molecule has 2 N–H and O–H groups in total. The number of hydrogen-bond acceptors (Lipinski definition) is 5. The van der Waals surface area contributed by atoms with Crippen LogP contribution in [0.5, 0.6) is 5.75 Å². The maximum atomic E-state index is 13.1. The highest BCUT2D eigenvalue weighted by Gasteiger charge is 2.39. The van der Waals surface area contributed by atoms with Gasteiger partial charge in [-0.15, -0.1) is 0 Å². The Labute approximate surface area is 205 Å². The zero-order valence-corrected chi connectivity index (χ0v) is 20.3. The van der Waals surface area contributed by atoms with Crippen LogP contribution in [0.3, 0.4) is 0 Å².